The second kappa shape index (κ2) is 4.75. The molecule has 0 saturated carbocycles. The van der Waals surface area contributed by atoms with Crippen molar-refractivity contribution in [3.8, 4) is 0 Å². The van der Waals surface area contributed by atoms with Crippen LogP contribution in [0.2, 0.25) is 0 Å². The van der Waals surface area contributed by atoms with Gasteiger partial charge in [0.2, 0.25) is 0 Å². The second-order valence-corrected chi connectivity index (χ2v) is 5.10. The first-order valence-corrected chi connectivity index (χ1v) is 6.84. The Kier molecular flexibility index (Phi) is 3.05. The predicted molar refractivity (Wildman–Crippen MR) is 79.7 cm³/mol. The maximum Gasteiger partial charge on any atom is 0.159 e. The SMILES string of the molecule is CCCn1c2ccc(F)cc2c2cc(C(C)=O)ccc21. The molecule has 0 spiro atoms. The lowest BCUT2D eigenvalue weighted by atomic mass is 10.1. The summed E-state index contributed by atoms with van der Waals surface area (Å²) in [4.78, 5) is 11.5. The Labute approximate surface area is 116 Å². The van der Waals surface area contributed by atoms with Gasteiger partial charge in [-0.2, -0.15) is 0 Å². The summed E-state index contributed by atoms with van der Waals surface area (Å²) in [6.07, 6.45) is 1.00. The first-order chi connectivity index (χ1) is 9.61. The van der Waals surface area contributed by atoms with Gasteiger partial charge < -0.3 is 4.57 Å². The van der Waals surface area contributed by atoms with Gasteiger partial charge in [-0.15, -0.1) is 0 Å². The molecule has 0 saturated heterocycles. The smallest absolute Gasteiger partial charge is 0.159 e. The summed E-state index contributed by atoms with van der Waals surface area (Å²) in [6, 6.07) is 10.5. The fourth-order valence-corrected chi connectivity index (χ4v) is 2.76. The third kappa shape index (κ3) is 1.90. The Morgan fingerprint density at radius 2 is 1.75 bits per heavy atom. The largest absolute Gasteiger partial charge is 0.340 e. The molecule has 0 radical (unpaired) electrons. The van der Waals surface area contributed by atoms with Gasteiger partial charge in [0.15, 0.2) is 5.78 Å². The van der Waals surface area contributed by atoms with Crippen molar-refractivity contribution >= 4 is 27.6 Å². The molecule has 0 aliphatic rings. The van der Waals surface area contributed by atoms with Crippen molar-refractivity contribution in [1.29, 1.82) is 0 Å². The molecule has 3 aromatic rings. The van der Waals surface area contributed by atoms with E-state index in [1.165, 1.54) is 6.07 Å². The van der Waals surface area contributed by atoms with Gasteiger partial charge in [-0.3, -0.25) is 4.79 Å². The number of aryl methyl sites for hydroxylation is 1. The molecule has 3 rings (SSSR count). The quantitative estimate of drug-likeness (QED) is 0.639. The number of aromatic nitrogens is 1. The molecule has 102 valence electrons. The van der Waals surface area contributed by atoms with Crippen molar-refractivity contribution < 1.29 is 9.18 Å². The predicted octanol–water partition coefficient (Wildman–Crippen LogP) is 4.55. The molecule has 20 heavy (non-hydrogen) atoms. The van der Waals surface area contributed by atoms with Gasteiger partial charge in [-0.25, -0.2) is 4.39 Å². The number of halogens is 1. The van der Waals surface area contributed by atoms with E-state index in [2.05, 4.69) is 11.5 Å². The standard InChI is InChI=1S/C17H16FNO/c1-3-8-19-16-6-4-12(11(2)20)9-14(16)15-10-13(18)5-7-17(15)19/h4-7,9-10H,3,8H2,1-2H3. The van der Waals surface area contributed by atoms with Crippen LogP contribution in [0.4, 0.5) is 4.39 Å². The molecule has 0 aliphatic heterocycles. The van der Waals surface area contributed by atoms with Crippen molar-refractivity contribution in [3.63, 3.8) is 0 Å². The molecule has 2 nitrogen and oxygen atoms in total. The Balaban J connectivity index is 2.43. The summed E-state index contributed by atoms with van der Waals surface area (Å²) >= 11 is 0. The first-order valence-electron chi connectivity index (χ1n) is 6.84. The molecule has 0 fully saturated rings. The van der Waals surface area contributed by atoms with Crippen LogP contribution in [0, 0.1) is 5.82 Å². The summed E-state index contributed by atoms with van der Waals surface area (Å²) in [5, 5.41) is 1.82. The number of nitrogens with zero attached hydrogens (tertiary/aromatic N) is 1. The lowest BCUT2D eigenvalue weighted by molar-refractivity contribution is 0.101. The number of fused-ring (bicyclic) bond motifs is 3. The molecule has 0 unspecified atom stereocenters. The Morgan fingerprint density at radius 3 is 2.40 bits per heavy atom. The number of carbonyl (C=O) groups is 1. The zero-order valence-corrected chi connectivity index (χ0v) is 11.6. The maximum absolute atomic E-state index is 13.5. The topological polar surface area (TPSA) is 22.0 Å². The average molecular weight is 269 g/mol. The van der Waals surface area contributed by atoms with Crippen LogP contribution in [-0.2, 0) is 6.54 Å². The molecule has 1 heterocycles. The van der Waals surface area contributed by atoms with Crippen molar-refractivity contribution in [1.82, 2.24) is 4.57 Å². The number of benzene rings is 2. The van der Waals surface area contributed by atoms with E-state index >= 15 is 0 Å². The van der Waals surface area contributed by atoms with Gasteiger partial charge in [0.1, 0.15) is 5.82 Å². The highest BCUT2D eigenvalue weighted by molar-refractivity contribution is 6.10. The van der Waals surface area contributed by atoms with E-state index in [1.54, 1.807) is 13.0 Å². The van der Waals surface area contributed by atoms with Crippen LogP contribution in [0.1, 0.15) is 30.6 Å². The second-order valence-electron chi connectivity index (χ2n) is 5.10. The highest BCUT2D eigenvalue weighted by Gasteiger charge is 2.12. The monoisotopic (exact) mass is 269 g/mol. The zero-order valence-electron chi connectivity index (χ0n) is 11.6. The van der Waals surface area contributed by atoms with Gasteiger partial charge >= 0.3 is 0 Å². The lowest BCUT2D eigenvalue weighted by Crippen LogP contribution is -1.96. The molecule has 0 N–H and O–H groups in total. The number of Topliss-reactive ketones (excluding diaryl/α,β-unsaturated/α-hetero) is 1. The third-order valence-corrected chi connectivity index (χ3v) is 3.68. The Bertz CT molecular complexity index is 817. The lowest BCUT2D eigenvalue weighted by Gasteiger charge is -2.05. The number of ketones is 1. The molecular weight excluding hydrogens is 253 g/mol. The third-order valence-electron chi connectivity index (χ3n) is 3.68. The van der Waals surface area contributed by atoms with Crippen LogP contribution >= 0.6 is 0 Å². The molecular formula is C17H16FNO. The van der Waals surface area contributed by atoms with Crippen molar-refractivity contribution in [3.05, 3.63) is 47.8 Å². The van der Waals surface area contributed by atoms with Gasteiger partial charge in [0.05, 0.1) is 0 Å². The maximum atomic E-state index is 13.5. The van der Waals surface area contributed by atoms with E-state index < -0.39 is 0 Å². The fourth-order valence-electron chi connectivity index (χ4n) is 2.76. The first kappa shape index (κ1) is 12.9. The minimum absolute atomic E-state index is 0.0275. The van der Waals surface area contributed by atoms with Gasteiger partial charge in [-0.1, -0.05) is 6.92 Å². The van der Waals surface area contributed by atoms with Crippen molar-refractivity contribution in [2.75, 3.05) is 0 Å². The number of carbonyl (C=O) groups excluding carboxylic acids is 1. The summed E-state index contributed by atoms with van der Waals surface area (Å²) in [6.45, 7) is 4.54. The van der Waals surface area contributed by atoms with Crippen LogP contribution in [-0.4, -0.2) is 10.4 Å². The summed E-state index contributed by atoms with van der Waals surface area (Å²) in [7, 11) is 0. The van der Waals surface area contributed by atoms with E-state index in [9.17, 15) is 9.18 Å². The average Bonchev–Trinajstić information content (AvgIpc) is 2.73. The van der Waals surface area contributed by atoms with Crippen LogP contribution in [0.25, 0.3) is 21.8 Å². The zero-order chi connectivity index (χ0) is 14.3. The molecule has 0 bridgehead atoms. The number of hydrogen-bond acceptors (Lipinski definition) is 1. The molecule has 0 atom stereocenters. The van der Waals surface area contributed by atoms with Crippen LogP contribution in [0.3, 0.4) is 0 Å². The van der Waals surface area contributed by atoms with Crippen LogP contribution in [0.5, 0.6) is 0 Å². The fraction of sp³-hybridized carbons (Fsp3) is 0.235. The van der Waals surface area contributed by atoms with E-state index in [1.807, 2.05) is 24.3 Å². The summed E-state index contributed by atoms with van der Waals surface area (Å²) < 4.78 is 15.7. The Hall–Kier alpha value is -2.16. The van der Waals surface area contributed by atoms with Gasteiger partial charge in [0.25, 0.3) is 0 Å². The summed E-state index contributed by atoms with van der Waals surface area (Å²) in [5.74, 6) is -0.221. The van der Waals surface area contributed by atoms with Gasteiger partial charge in [0, 0.05) is 33.9 Å². The number of hydrogen-bond donors (Lipinski definition) is 0. The summed E-state index contributed by atoms with van der Waals surface area (Å²) in [5.41, 5.74) is 2.73. The van der Waals surface area contributed by atoms with Crippen LogP contribution < -0.4 is 0 Å². The molecule has 2 aromatic carbocycles. The van der Waals surface area contributed by atoms with E-state index in [-0.39, 0.29) is 11.6 Å². The Morgan fingerprint density at radius 1 is 1.10 bits per heavy atom. The normalized spacial score (nSPS) is 11.3. The molecule has 3 heteroatoms. The van der Waals surface area contributed by atoms with Crippen molar-refractivity contribution in [2.24, 2.45) is 0 Å². The highest BCUT2D eigenvalue weighted by atomic mass is 19.1. The van der Waals surface area contributed by atoms with E-state index in [0.717, 1.165) is 34.8 Å². The molecule has 1 aromatic heterocycles. The van der Waals surface area contributed by atoms with E-state index in [0.29, 0.717) is 5.56 Å². The van der Waals surface area contributed by atoms with Gasteiger partial charge in [-0.05, 0) is 49.7 Å². The highest BCUT2D eigenvalue weighted by Crippen LogP contribution is 2.30. The van der Waals surface area contributed by atoms with Crippen LogP contribution in [0.15, 0.2) is 36.4 Å². The molecule has 0 amide bonds. The minimum atomic E-state index is -0.249. The minimum Gasteiger partial charge on any atom is -0.340 e. The van der Waals surface area contributed by atoms with E-state index in [4.69, 9.17) is 0 Å². The molecule has 0 aliphatic carbocycles. The van der Waals surface area contributed by atoms with Crippen molar-refractivity contribution in [2.45, 2.75) is 26.8 Å². The number of rotatable bonds is 3.